The number of benzene rings is 3. The molecule has 3 aromatic heterocycles. The van der Waals surface area contributed by atoms with Crippen LogP contribution in [0, 0.1) is 11.6 Å². The first-order chi connectivity index (χ1) is 23.8. The van der Waals surface area contributed by atoms with Crippen molar-refractivity contribution < 1.29 is 13.6 Å². The van der Waals surface area contributed by atoms with Gasteiger partial charge in [0.25, 0.3) is 5.91 Å². The summed E-state index contributed by atoms with van der Waals surface area (Å²) in [6, 6.07) is 27.1. The van der Waals surface area contributed by atoms with Crippen LogP contribution in [-0.4, -0.2) is 74.8 Å². The molecule has 4 heterocycles. The summed E-state index contributed by atoms with van der Waals surface area (Å²) in [6.45, 7) is 3.24. The van der Waals surface area contributed by atoms with Crippen molar-refractivity contribution in [3.05, 3.63) is 126 Å². The Morgan fingerprint density at radius 1 is 0.939 bits per heavy atom. The minimum Gasteiger partial charge on any atom is -0.324 e. The number of nitrogens with one attached hydrogen (secondary N) is 2. The average molecular weight is 659 g/mol. The van der Waals surface area contributed by atoms with Gasteiger partial charge in [-0.15, -0.1) is 0 Å². The zero-order chi connectivity index (χ0) is 33.9. The zero-order valence-corrected chi connectivity index (χ0v) is 27.3. The Morgan fingerprint density at radius 2 is 1.78 bits per heavy atom. The Hall–Kier alpha value is -5.52. The van der Waals surface area contributed by atoms with E-state index in [9.17, 15) is 13.6 Å². The molecule has 1 aliphatic rings. The second-order valence-electron chi connectivity index (χ2n) is 12.4. The van der Waals surface area contributed by atoms with Gasteiger partial charge < -0.3 is 20.4 Å². The number of nitrogens with zero attached hydrogens (tertiary/aromatic N) is 6. The molecule has 1 atom stereocenters. The summed E-state index contributed by atoms with van der Waals surface area (Å²) < 4.78 is 30.0. The van der Waals surface area contributed by atoms with Gasteiger partial charge >= 0.3 is 0 Å². The number of fused-ring (bicyclic) bond motifs is 1. The Kier molecular flexibility index (Phi) is 9.10. The molecule has 0 radical (unpaired) electrons. The highest BCUT2D eigenvalue weighted by Crippen LogP contribution is 2.33. The number of halogens is 2. The molecule has 11 heteroatoms. The number of imidazole rings is 1. The number of likely N-dealkylation sites (N-methyl/N-ethyl adjacent to an activating group) is 1. The van der Waals surface area contributed by atoms with Crippen LogP contribution in [0.1, 0.15) is 22.3 Å². The Bertz CT molecular complexity index is 2130. The maximum absolute atomic E-state index is 14.3. The van der Waals surface area contributed by atoms with Gasteiger partial charge in [-0.25, -0.2) is 23.7 Å². The minimum atomic E-state index is -1.20. The summed E-state index contributed by atoms with van der Waals surface area (Å²) in [7, 11) is 4.30. The molecule has 0 spiro atoms. The first-order valence-electron chi connectivity index (χ1n) is 16.2. The number of pyridine rings is 1. The molecule has 0 aliphatic carbocycles. The largest absolute Gasteiger partial charge is 0.324 e. The van der Waals surface area contributed by atoms with E-state index in [0.717, 1.165) is 43.5 Å². The van der Waals surface area contributed by atoms with Crippen molar-refractivity contribution in [2.45, 2.75) is 18.9 Å². The lowest BCUT2D eigenvalue weighted by Gasteiger charge is -2.20. The lowest BCUT2D eigenvalue weighted by Crippen LogP contribution is -2.32. The molecule has 1 fully saturated rings. The van der Waals surface area contributed by atoms with Crippen LogP contribution in [0.5, 0.6) is 0 Å². The summed E-state index contributed by atoms with van der Waals surface area (Å²) in [5, 5.41) is 6.06. The van der Waals surface area contributed by atoms with Gasteiger partial charge in [0.15, 0.2) is 11.6 Å². The fourth-order valence-electron chi connectivity index (χ4n) is 6.27. The van der Waals surface area contributed by atoms with Gasteiger partial charge in [0, 0.05) is 48.5 Å². The van der Waals surface area contributed by atoms with Crippen LogP contribution < -0.4 is 10.6 Å². The molecule has 1 saturated heterocycles. The van der Waals surface area contributed by atoms with Gasteiger partial charge in [-0.05, 0) is 93.6 Å². The molecule has 0 saturated carbocycles. The summed E-state index contributed by atoms with van der Waals surface area (Å²) in [4.78, 5) is 32.0. The quantitative estimate of drug-likeness (QED) is 0.165. The number of hydrogen-bond donors (Lipinski definition) is 2. The zero-order valence-electron chi connectivity index (χ0n) is 27.3. The average Bonchev–Trinajstić information content (AvgIpc) is 3.75. The third-order valence-corrected chi connectivity index (χ3v) is 8.90. The van der Waals surface area contributed by atoms with Crippen LogP contribution in [0.15, 0.2) is 103 Å². The van der Waals surface area contributed by atoms with E-state index in [4.69, 9.17) is 9.97 Å². The predicted molar refractivity (Wildman–Crippen MR) is 188 cm³/mol. The van der Waals surface area contributed by atoms with E-state index in [2.05, 4.69) is 51.6 Å². The highest BCUT2D eigenvalue weighted by atomic mass is 19.2. The maximum Gasteiger partial charge on any atom is 0.258 e. The second-order valence-corrected chi connectivity index (χ2v) is 12.4. The lowest BCUT2D eigenvalue weighted by molar-refractivity contribution is 0.102. The lowest BCUT2D eigenvalue weighted by atomic mass is 10.1. The fourth-order valence-corrected chi connectivity index (χ4v) is 6.27. The Morgan fingerprint density at radius 3 is 2.63 bits per heavy atom. The number of likely N-dealkylation sites (tertiary alicyclic amines) is 1. The normalized spacial score (nSPS) is 14.8. The summed E-state index contributed by atoms with van der Waals surface area (Å²) >= 11 is 0. The maximum atomic E-state index is 14.3. The van der Waals surface area contributed by atoms with Crippen LogP contribution in [0.25, 0.3) is 28.3 Å². The highest BCUT2D eigenvalue weighted by Gasteiger charge is 2.23. The number of rotatable bonds is 10. The SMILES string of the molecule is CN(C)C1CCN(CCc2cccc(Nc3nccc(-c4c(-c5cccc(NC(=O)c6cccc(F)c6F)c5)nc5ccccn45)n3)c2)C1. The third-order valence-electron chi connectivity index (χ3n) is 8.90. The molecule has 3 aromatic carbocycles. The Labute approximate surface area is 283 Å². The number of hydrogen-bond acceptors (Lipinski definition) is 7. The van der Waals surface area contributed by atoms with E-state index in [1.165, 1.54) is 24.1 Å². The Balaban J connectivity index is 1.14. The van der Waals surface area contributed by atoms with Crippen molar-refractivity contribution in [2.75, 3.05) is 44.4 Å². The van der Waals surface area contributed by atoms with Crippen LogP contribution >= 0.6 is 0 Å². The van der Waals surface area contributed by atoms with Gasteiger partial charge in [-0.2, -0.15) is 0 Å². The van der Waals surface area contributed by atoms with E-state index in [-0.39, 0.29) is 5.56 Å². The fraction of sp³-hybridized carbons (Fsp3) is 0.211. The molecule has 248 valence electrons. The predicted octanol–water partition coefficient (Wildman–Crippen LogP) is 6.91. The summed E-state index contributed by atoms with van der Waals surface area (Å²) in [6.07, 6.45) is 5.79. The molecule has 0 bridgehead atoms. The van der Waals surface area contributed by atoms with Crippen molar-refractivity contribution in [2.24, 2.45) is 0 Å². The molecule has 1 aliphatic heterocycles. The van der Waals surface area contributed by atoms with E-state index in [1.807, 2.05) is 53.1 Å². The van der Waals surface area contributed by atoms with Crippen molar-refractivity contribution in [3.63, 3.8) is 0 Å². The molecule has 2 N–H and O–H groups in total. The minimum absolute atomic E-state index is 0.380. The summed E-state index contributed by atoms with van der Waals surface area (Å²) in [5.41, 5.74) is 5.58. The number of anilines is 3. The van der Waals surface area contributed by atoms with Crippen LogP contribution in [-0.2, 0) is 6.42 Å². The topological polar surface area (TPSA) is 90.7 Å². The van der Waals surface area contributed by atoms with Crippen molar-refractivity contribution >= 4 is 28.9 Å². The van der Waals surface area contributed by atoms with Crippen LogP contribution in [0.2, 0.25) is 0 Å². The second kappa shape index (κ2) is 13.9. The smallest absolute Gasteiger partial charge is 0.258 e. The molecule has 6 aromatic rings. The summed E-state index contributed by atoms with van der Waals surface area (Å²) in [5.74, 6) is -2.59. The molecule has 49 heavy (non-hydrogen) atoms. The van der Waals surface area contributed by atoms with Gasteiger partial charge in [0.1, 0.15) is 5.65 Å². The van der Waals surface area contributed by atoms with E-state index in [1.54, 1.807) is 24.4 Å². The number of carbonyl (C=O) groups excluding carboxylic acids is 1. The van der Waals surface area contributed by atoms with Gasteiger partial charge in [-0.3, -0.25) is 9.20 Å². The monoisotopic (exact) mass is 658 g/mol. The first-order valence-corrected chi connectivity index (χ1v) is 16.2. The standard InChI is InChI=1S/C38H36F2N8O/c1-46(2)29-17-21-47(24-29)20-16-25-8-5-10-27(22-25)43-38-41-18-15-32(44-38)36-35(45-33-14-3-4-19-48(33)36)26-9-6-11-28(23-26)42-37(49)30-12-7-13-31(39)34(30)40/h3-15,18-19,22-23,29H,16-17,20-21,24H2,1-2H3,(H,42,49)(H,41,43,44). The van der Waals surface area contributed by atoms with Crippen LogP contribution in [0.3, 0.4) is 0 Å². The van der Waals surface area contributed by atoms with Crippen molar-refractivity contribution in [1.29, 1.82) is 0 Å². The molecular formula is C38H36F2N8O. The third kappa shape index (κ3) is 7.03. The van der Waals surface area contributed by atoms with E-state index >= 15 is 0 Å². The number of aromatic nitrogens is 4. The molecule has 9 nitrogen and oxygen atoms in total. The molecule has 1 amide bonds. The molecular weight excluding hydrogens is 622 g/mol. The number of amides is 1. The highest BCUT2D eigenvalue weighted by molar-refractivity contribution is 6.04. The van der Waals surface area contributed by atoms with Crippen LogP contribution in [0.4, 0.5) is 26.1 Å². The first kappa shape index (κ1) is 32.0. The van der Waals surface area contributed by atoms with E-state index in [0.29, 0.717) is 40.3 Å². The number of carbonyl (C=O) groups is 1. The van der Waals surface area contributed by atoms with Crippen molar-refractivity contribution in [3.8, 4) is 22.6 Å². The van der Waals surface area contributed by atoms with Crippen molar-refractivity contribution in [1.82, 2.24) is 29.2 Å². The van der Waals surface area contributed by atoms with Gasteiger partial charge in [-0.1, -0.05) is 36.4 Å². The molecule has 1 unspecified atom stereocenters. The van der Waals surface area contributed by atoms with Gasteiger partial charge in [0.05, 0.1) is 22.6 Å². The van der Waals surface area contributed by atoms with Gasteiger partial charge in [0.2, 0.25) is 5.95 Å². The van der Waals surface area contributed by atoms with E-state index < -0.39 is 17.5 Å². The molecule has 7 rings (SSSR count).